The lowest BCUT2D eigenvalue weighted by molar-refractivity contribution is 0.0319. The first-order valence-corrected chi connectivity index (χ1v) is 4.57. The summed E-state index contributed by atoms with van der Waals surface area (Å²) in [5.74, 6) is 0. The molecule has 0 saturated heterocycles. The maximum absolute atomic E-state index is 8.64. The van der Waals surface area contributed by atoms with Crippen molar-refractivity contribution in [2.45, 2.75) is 45.6 Å². The minimum atomic E-state index is 0.241. The summed E-state index contributed by atoms with van der Waals surface area (Å²) in [7, 11) is 0. The van der Waals surface area contributed by atoms with Crippen molar-refractivity contribution in [1.29, 1.82) is 0 Å². The van der Waals surface area contributed by atoms with E-state index in [9.17, 15) is 0 Å². The maximum Gasteiger partial charge on any atom is 0.0594 e. The van der Waals surface area contributed by atoms with Crippen molar-refractivity contribution in [3.8, 4) is 0 Å². The van der Waals surface area contributed by atoms with Gasteiger partial charge >= 0.3 is 0 Å². The van der Waals surface area contributed by atoms with E-state index in [1.807, 2.05) is 0 Å². The van der Waals surface area contributed by atoms with Gasteiger partial charge in [-0.05, 0) is 19.3 Å². The van der Waals surface area contributed by atoms with Crippen LogP contribution in [0.15, 0.2) is 0 Å². The zero-order valence-corrected chi connectivity index (χ0v) is 7.68. The van der Waals surface area contributed by atoms with Gasteiger partial charge in [-0.25, -0.2) is 0 Å². The van der Waals surface area contributed by atoms with Crippen molar-refractivity contribution in [3.05, 3.63) is 0 Å². The Balaban J connectivity index is 3.20. The standard InChI is InChI=1S/C9H20O2/c1-3-5-8-11-9(4-2)6-7-10/h9-10H,3-8H2,1-2H3. The van der Waals surface area contributed by atoms with Gasteiger partial charge in [0.2, 0.25) is 0 Å². The van der Waals surface area contributed by atoms with E-state index in [2.05, 4.69) is 13.8 Å². The Morgan fingerprint density at radius 2 is 2.09 bits per heavy atom. The average molecular weight is 160 g/mol. The predicted octanol–water partition coefficient (Wildman–Crippen LogP) is 1.96. The Hall–Kier alpha value is -0.0800. The molecule has 0 aliphatic rings. The summed E-state index contributed by atoms with van der Waals surface area (Å²) in [6.07, 6.45) is 4.36. The molecule has 0 bridgehead atoms. The molecular formula is C9H20O2. The summed E-state index contributed by atoms with van der Waals surface area (Å²) < 4.78 is 5.51. The summed E-state index contributed by atoms with van der Waals surface area (Å²) in [5, 5.41) is 8.64. The van der Waals surface area contributed by atoms with Crippen LogP contribution >= 0.6 is 0 Å². The van der Waals surface area contributed by atoms with Crippen LogP contribution in [0.25, 0.3) is 0 Å². The second-order valence-corrected chi connectivity index (χ2v) is 2.77. The van der Waals surface area contributed by atoms with Crippen LogP contribution in [0.2, 0.25) is 0 Å². The number of aliphatic hydroxyl groups excluding tert-OH is 1. The predicted molar refractivity (Wildman–Crippen MR) is 46.6 cm³/mol. The Kier molecular flexibility index (Phi) is 7.96. The molecule has 0 aromatic rings. The van der Waals surface area contributed by atoms with Gasteiger partial charge in [-0.2, -0.15) is 0 Å². The largest absolute Gasteiger partial charge is 0.396 e. The summed E-state index contributed by atoms with van der Waals surface area (Å²) in [6.45, 7) is 5.32. The lowest BCUT2D eigenvalue weighted by Crippen LogP contribution is -2.14. The summed E-state index contributed by atoms with van der Waals surface area (Å²) >= 11 is 0. The molecule has 0 aliphatic heterocycles. The third-order valence-electron chi connectivity index (χ3n) is 1.76. The van der Waals surface area contributed by atoms with Gasteiger partial charge in [-0.15, -0.1) is 0 Å². The third kappa shape index (κ3) is 6.32. The fourth-order valence-electron chi connectivity index (χ4n) is 0.944. The Labute approximate surface area is 69.6 Å². The Morgan fingerprint density at radius 1 is 1.36 bits per heavy atom. The smallest absolute Gasteiger partial charge is 0.0594 e. The van der Waals surface area contributed by atoms with Gasteiger partial charge in [0.05, 0.1) is 6.10 Å². The van der Waals surface area contributed by atoms with E-state index in [1.165, 1.54) is 6.42 Å². The highest BCUT2D eigenvalue weighted by molar-refractivity contribution is 4.53. The van der Waals surface area contributed by atoms with E-state index in [1.54, 1.807) is 0 Å². The van der Waals surface area contributed by atoms with E-state index in [0.717, 1.165) is 25.9 Å². The molecule has 0 heterocycles. The minimum absolute atomic E-state index is 0.241. The average Bonchev–Trinajstić information content (AvgIpc) is 2.03. The molecule has 0 aliphatic carbocycles. The van der Waals surface area contributed by atoms with Gasteiger partial charge in [-0.3, -0.25) is 0 Å². The van der Waals surface area contributed by atoms with E-state index < -0.39 is 0 Å². The van der Waals surface area contributed by atoms with Gasteiger partial charge in [0, 0.05) is 13.2 Å². The summed E-state index contributed by atoms with van der Waals surface area (Å²) in [5.41, 5.74) is 0. The normalized spacial score (nSPS) is 13.4. The third-order valence-corrected chi connectivity index (χ3v) is 1.76. The number of unbranched alkanes of at least 4 members (excludes halogenated alkanes) is 1. The molecule has 2 nitrogen and oxygen atoms in total. The highest BCUT2D eigenvalue weighted by Crippen LogP contribution is 2.03. The van der Waals surface area contributed by atoms with Crippen LogP contribution in [-0.4, -0.2) is 24.4 Å². The van der Waals surface area contributed by atoms with E-state index in [0.29, 0.717) is 0 Å². The first-order valence-electron chi connectivity index (χ1n) is 4.57. The van der Waals surface area contributed by atoms with Crippen LogP contribution in [0.1, 0.15) is 39.5 Å². The van der Waals surface area contributed by atoms with Crippen molar-refractivity contribution in [1.82, 2.24) is 0 Å². The second kappa shape index (κ2) is 8.02. The number of rotatable bonds is 7. The first kappa shape index (κ1) is 10.9. The Morgan fingerprint density at radius 3 is 2.55 bits per heavy atom. The van der Waals surface area contributed by atoms with Gasteiger partial charge in [-0.1, -0.05) is 20.3 Å². The monoisotopic (exact) mass is 160 g/mol. The number of hydrogen-bond donors (Lipinski definition) is 1. The maximum atomic E-state index is 8.64. The lowest BCUT2D eigenvalue weighted by atomic mass is 10.2. The Bertz CT molecular complexity index is 74.0. The van der Waals surface area contributed by atoms with Crippen molar-refractivity contribution >= 4 is 0 Å². The fraction of sp³-hybridized carbons (Fsp3) is 1.00. The number of aliphatic hydroxyl groups is 1. The minimum Gasteiger partial charge on any atom is -0.396 e. The molecule has 0 spiro atoms. The van der Waals surface area contributed by atoms with E-state index in [-0.39, 0.29) is 12.7 Å². The lowest BCUT2D eigenvalue weighted by Gasteiger charge is -2.13. The van der Waals surface area contributed by atoms with Crippen LogP contribution in [-0.2, 0) is 4.74 Å². The number of ether oxygens (including phenoxy) is 1. The van der Waals surface area contributed by atoms with Gasteiger partial charge < -0.3 is 9.84 Å². The highest BCUT2D eigenvalue weighted by atomic mass is 16.5. The van der Waals surface area contributed by atoms with E-state index in [4.69, 9.17) is 9.84 Å². The molecule has 0 amide bonds. The van der Waals surface area contributed by atoms with Crippen LogP contribution < -0.4 is 0 Å². The molecule has 0 radical (unpaired) electrons. The molecule has 0 aromatic heterocycles. The van der Waals surface area contributed by atoms with Crippen LogP contribution in [0.3, 0.4) is 0 Å². The van der Waals surface area contributed by atoms with Gasteiger partial charge in [0.25, 0.3) is 0 Å². The SMILES string of the molecule is CCCCOC(CC)CCO. The van der Waals surface area contributed by atoms with Crippen molar-refractivity contribution in [3.63, 3.8) is 0 Å². The molecule has 0 fully saturated rings. The molecule has 1 unspecified atom stereocenters. The van der Waals surface area contributed by atoms with Crippen LogP contribution in [0, 0.1) is 0 Å². The molecule has 68 valence electrons. The molecule has 0 aromatic carbocycles. The molecule has 1 atom stereocenters. The van der Waals surface area contributed by atoms with Crippen molar-refractivity contribution in [2.24, 2.45) is 0 Å². The van der Waals surface area contributed by atoms with Gasteiger partial charge in [0.1, 0.15) is 0 Å². The topological polar surface area (TPSA) is 29.5 Å². The zero-order chi connectivity index (χ0) is 8.53. The van der Waals surface area contributed by atoms with Crippen molar-refractivity contribution < 1.29 is 9.84 Å². The molecular weight excluding hydrogens is 140 g/mol. The number of hydrogen-bond acceptors (Lipinski definition) is 2. The molecule has 0 rings (SSSR count). The first-order chi connectivity index (χ1) is 5.35. The second-order valence-electron chi connectivity index (χ2n) is 2.77. The fourth-order valence-corrected chi connectivity index (χ4v) is 0.944. The molecule has 2 heteroatoms. The molecule has 11 heavy (non-hydrogen) atoms. The van der Waals surface area contributed by atoms with Crippen LogP contribution in [0.5, 0.6) is 0 Å². The molecule has 1 N–H and O–H groups in total. The summed E-state index contributed by atoms with van der Waals surface area (Å²) in [6, 6.07) is 0. The molecule has 0 saturated carbocycles. The van der Waals surface area contributed by atoms with Crippen molar-refractivity contribution in [2.75, 3.05) is 13.2 Å². The van der Waals surface area contributed by atoms with E-state index >= 15 is 0 Å². The quantitative estimate of drug-likeness (QED) is 0.577. The van der Waals surface area contributed by atoms with Crippen LogP contribution in [0.4, 0.5) is 0 Å². The zero-order valence-electron chi connectivity index (χ0n) is 7.68. The summed E-state index contributed by atoms with van der Waals surface area (Å²) in [4.78, 5) is 0. The van der Waals surface area contributed by atoms with Gasteiger partial charge in [0.15, 0.2) is 0 Å². The highest BCUT2D eigenvalue weighted by Gasteiger charge is 2.03.